The van der Waals surface area contributed by atoms with E-state index in [9.17, 15) is 9.59 Å². The van der Waals surface area contributed by atoms with Crippen molar-refractivity contribution in [1.82, 2.24) is 9.80 Å². The van der Waals surface area contributed by atoms with E-state index < -0.39 is 0 Å². The van der Waals surface area contributed by atoms with Crippen LogP contribution in [0, 0.1) is 0 Å². The van der Waals surface area contributed by atoms with Gasteiger partial charge in [0.1, 0.15) is 11.5 Å². The molecule has 1 saturated heterocycles. The Morgan fingerprint density at radius 3 is 2.20 bits per heavy atom. The summed E-state index contributed by atoms with van der Waals surface area (Å²) < 4.78 is 10.5. The average Bonchev–Trinajstić information content (AvgIpc) is 2.66. The summed E-state index contributed by atoms with van der Waals surface area (Å²) in [5.74, 6) is 1.61. The normalized spacial score (nSPS) is 14.4. The Morgan fingerprint density at radius 2 is 1.64 bits per heavy atom. The predicted molar refractivity (Wildman–Crippen MR) is 95.9 cm³/mol. The number of hydrogen-bond acceptors (Lipinski definition) is 4. The number of unbranched alkanes of at least 4 members (excludes halogenated alkanes) is 1. The van der Waals surface area contributed by atoms with E-state index in [-0.39, 0.29) is 18.2 Å². The van der Waals surface area contributed by atoms with Crippen molar-refractivity contribution < 1.29 is 19.1 Å². The highest BCUT2D eigenvalue weighted by atomic mass is 16.5. The van der Waals surface area contributed by atoms with Crippen LogP contribution in [0.25, 0.3) is 0 Å². The molecule has 0 N–H and O–H groups in total. The monoisotopic (exact) mass is 348 g/mol. The van der Waals surface area contributed by atoms with Gasteiger partial charge in [0.2, 0.25) is 11.8 Å². The lowest BCUT2D eigenvalue weighted by atomic mass is 10.1. The molecule has 6 heteroatoms. The first kappa shape index (κ1) is 19.1. The van der Waals surface area contributed by atoms with Crippen LogP contribution in [-0.2, 0) is 16.0 Å². The van der Waals surface area contributed by atoms with Crippen molar-refractivity contribution in [3.8, 4) is 11.5 Å². The molecule has 0 radical (unpaired) electrons. The van der Waals surface area contributed by atoms with Crippen LogP contribution in [-0.4, -0.2) is 62.0 Å². The standard InChI is InChI=1S/C19H28N2O4/c1-4-5-6-18(22)20-9-11-21(12-10-20)19(23)13-15-7-8-16(24-2)14-17(15)25-3/h7-8,14H,4-6,9-13H2,1-3H3. The number of hydrogen-bond donors (Lipinski definition) is 0. The largest absolute Gasteiger partial charge is 0.497 e. The molecule has 25 heavy (non-hydrogen) atoms. The van der Waals surface area contributed by atoms with Gasteiger partial charge in [-0.05, 0) is 12.5 Å². The van der Waals surface area contributed by atoms with Gasteiger partial charge in [0, 0.05) is 44.2 Å². The summed E-state index contributed by atoms with van der Waals surface area (Å²) in [6, 6.07) is 5.47. The van der Waals surface area contributed by atoms with E-state index in [0.29, 0.717) is 44.1 Å². The molecule has 1 aliphatic heterocycles. The van der Waals surface area contributed by atoms with Gasteiger partial charge in [-0.25, -0.2) is 0 Å². The van der Waals surface area contributed by atoms with Crippen LogP contribution in [0.2, 0.25) is 0 Å². The van der Waals surface area contributed by atoms with Gasteiger partial charge in [-0.3, -0.25) is 9.59 Å². The average molecular weight is 348 g/mol. The molecule has 0 spiro atoms. The summed E-state index contributed by atoms with van der Waals surface area (Å²) in [4.78, 5) is 28.3. The Labute approximate surface area is 149 Å². The zero-order valence-corrected chi connectivity index (χ0v) is 15.4. The van der Waals surface area contributed by atoms with Crippen molar-refractivity contribution in [3.05, 3.63) is 23.8 Å². The lowest BCUT2D eigenvalue weighted by Gasteiger charge is -2.35. The second-order valence-electron chi connectivity index (χ2n) is 6.22. The van der Waals surface area contributed by atoms with Crippen LogP contribution in [0.15, 0.2) is 18.2 Å². The highest BCUT2D eigenvalue weighted by Crippen LogP contribution is 2.25. The minimum atomic E-state index is 0.0594. The molecule has 0 atom stereocenters. The topological polar surface area (TPSA) is 59.1 Å². The maximum atomic E-state index is 12.6. The fourth-order valence-electron chi connectivity index (χ4n) is 2.96. The zero-order chi connectivity index (χ0) is 18.2. The molecule has 2 amide bonds. The SMILES string of the molecule is CCCCC(=O)N1CCN(C(=O)Cc2ccc(OC)cc2OC)CC1. The Bertz CT molecular complexity index is 595. The van der Waals surface area contributed by atoms with Gasteiger partial charge >= 0.3 is 0 Å². The molecule has 1 heterocycles. The number of nitrogens with zero attached hydrogens (tertiary/aromatic N) is 2. The molecule has 6 nitrogen and oxygen atoms in total. The molecule has 0 aromatic heterocycles. The third-order valence-corrected chi connectivity index (χ3v) is 4.57. The quantitative estimate of drug-likeness (QED) is 0.757. The summed E-state index contributed by atoms with van der Waals surface area (Å²) in [6.07, 6.45) is 2.84. The Hall–Kier alpha value is -2.24. The molecule has 1 fully saturated rings. The van der Waals surface area contributed by atoms with E-state index in [1.54, 1.807) is 20.3 Å². The van der Waals surface area contributed by atoms with Crippen LogP contribution < -0.4 is 9.47 Å². The molecule has 0 unspecified atom stereocenters. The van der Waals surface area contributed by atoms with Gasteiger partial charge in [0.05, 0.1) is 20.6 Å². The number of benzene rings is 1. The number of methoxy groups -OCH3 is 2. The van der Waals surface area contributed by atoms with Crippen molar-refractivity contribution >= 4 is 11.8 Å². The van der Waals surface area contributed by atoms with Crippen LogP contribution in [0.3, 0.4) is 0 Å². The van der Waals surface area contributed by atoms with Crippen LogP contribution in [0.4, 0.5) is 0 Å². The lowest BCUT2D eigenvalue weighted by molar-refractivity contribution is -0.139. The smallest absolute Gasteiger partial charge is 0.227 e. The van der Waals surface area contributed by atoms with Gasteiger partial charge in [-0.15, -0.1) is 0 Å². The summed E-state index contributed by atoms with van der Waals surface area (Å²) in [5, 5.41) is 0. The van der Waals surface area contributed by atoms with Crippen LogP contribution >= 0.6 is 0 Å². The second-order valence-corrected chi connectivity index (χ2v) is 6.22. The molecular weight excluding hydrogens is 320 g/mol. The van der Waals surface area contributed by atoms with Gasteiger partial charge < -0.3 is 19.3 Å². The van der Waals surface area contributed by atoms with Crippen molar-refractivity contribution in [2.24, 2.45) is 0 Å². The first-order valence-electron chi connectivity index (χ1n) is 8.85. The maximum Gasteiger partial charge on any atom is 0.227 e. The second kappa shape index (κ2) is 9.30. The van der Waals surface area contributed by atoms with Crippen LogP contribution in [0.1, 0.15) is 31.7 Å². The predicted octanol–water partition coefficient (Wildman–Crippen LogP) is 2.11. The van der Waals surface area contributed by atoms with Crippen molar-refractivity contribution in [3.63, 3.8) is 0 Å². The van der Waals surface area contributed by atoms with Crippen molar-refractivity contribution in [2.45, 2.75) is 32.6 Å². The van der Waals surface area contributed by atoms with Gasteiger partial charge in [0.25, 0.3) is 0 Å². The van der Waals surface area contributed by atoms with Crippen LogP contribution in [0.5, 0.6) is 11.5 Å². The molecule has 0 bridgehead atoms. The van der Waals surface area contributed by atoms with E-state index in [1.807, 2.05) is 21.9 Å². The number of piperazine rings is 1. The summed E-state index contributed by atoms with van der Waals surface area (Å²) in [7, 11) is 3.18. The first-order chi connectivity index (χ1) is 12.1. The van der Waals surface area contributed by atoms with Gasteiger partial charge in [-0.2, -0.15) is 0 Å². The van der Waals surface area contributed by atoms with E-state index in [1.165, 1.54) is 0 Å². The van der Waals surface area contributed by atoms with Gasteiger partial charge in [0.15, 0.2) is 0 Å². The number of carbonyl (C=O) groups is 2. The molecular formula is C19H28N2O4. The third-order valence-electron chi connectivity index (χ3n) is 4.57. The maximum absolute atomic E-state index is 12.6. The number of ether oxygens (including phenoxy) is 2. The number of carbonyl (C=O) groups excluding carboxylic acids is 2. The summed E-state index contributed by atoms with van der Waals surface area (Å²) in [6.45, 7) is 4.50. The molecule has 2 rings (SSSR count). The summed E-state index contributed by atoms with van der Waals surface area (Å²) >= 11 is 0. The fourth-order valence-corrected chi connectivity index (χ4v) is 2.96. The van der Waals surface area contributed by atoms with E-state index >= 15 is 0 Å². The van der Waals surface area contributed by atoms with Crippen molar-refractivity contribution in [1.29, 1.82) is 0 Å². The fraction of sp³-hybridized carbons (Fsp3) is 0.579. The Kier molecular flexibility index (Phi) is 7.10. The minimum absolute atomic E-state index is 0.0594. The number of rotatable bonds is 7. The molecule has 138 valence electrons. The zero-order valence-electron chi connectivity index (χ0n) is 15.4. The highest BCUT2D eigenvalue weighted by Gasteiger charge is 2.24. The molecule has 1 aliphatic rings. The summed E-state index contributed by atoms with van der Waals surface area (Å²) in [5.41, 5.74) is 0.842. The van der Waals surface area contributed by atoms with E-state index in [2.05, 4.69) is 6.92 Å². The Morgan fingerprint density at radius 1 is 1.00 bits per heavy atom. The molecule has 0 saturated carbocycles. The minimum Gasteiger partial charge on any atom is -0.497 e. The molecule has 1 aromatic rings. The third kappa shape index (κ3) is 5.11. The Balaban J connectivity index is 1.90. The number of amides is 2. The lowest BCUT2D eigenvalue weighted by Crippen LogP contribution is -2.50. The molecule has 0 aliphatic carbocycles. The highest BCUT2D eigenvalue weighted by molar-refractivity contribution is 5.80. The van der Waals surface area contributed by atoms with Crippen molar-refractivity contribution in [2.75, 3.05) is 40.4 Å². The van der Waals surface area contributed by atoms with Gasteiger partial charge in [-0.1, -0.05) is 19.4 Å². The van der Waals surface area contributed by atoms with E-state index in [0.717, 1.165) is 18.4 Å². The van der Waals surface area contributed by atoms with E-state index in [4.69, 9.17) is 9.47 Å². The molecule has 1 aromatic carbocycles. The first-order valence-corrected chi connectivity index (χ1v) is 8.85.